The van der Waals surface area contributed by atoms with Crippen LogP contribution in [-0.4, -0.2) is 24.1 Å². The molecule has 0 aliphatic rings. The van der Waals surface area contributed by atoms with Gasteiger partial charge in [0.15, 0.2) is 11.6 Å². The zero-order valence-electron chi connectivity index (χ0n) is 36.9. The Morgan fingerprint density at radius 3 is 1.34 bits per heavy atom. The maximum atomic E-state index is 5.52. The summed E-state index contributed by atoms with van der Waals surface area (Å²) < 4.78 is 4.71. The molecule has 0 unspecified atom stereocenters. The summed E-state index contributed by atoms with van der Waals surface area (Å²) in [6, 6.07) is 88.2. The zero-order chi connectivity index (χ0) is 45.0. The summed E-state index contributed by atoms with van der Waals surface area (Å²) >= 11 is 0. The molecule has 0 atom stereocenters. The van der Waals surface area contributed by atoms with E-state index in [9.17, 15) is 0 Å². The summed E-state index contributed by atoms with van der Waals surface area (Å²) in [5.41, 5.74) is 16.2. The molecule has 0 fully saturated rings. The Labute approximate surface area is 393 Å². The third-order valence-electron chi connectivity index (χ3n) is 13.2. The first-order valence-corrected chi connectivity index (χ1v) is 23.0. The molecule has 0 saturated heterocycles. The highest BCUT2D eigenvalue weighted by Crippen LogP contribution is 2.46. The molecule has 13 aromatic rings. The van der Waals surface area contributed by atoms with Crippen molar-refractivity contribution in [3.63, 3.8) is 0 Å². The lowest BCUT2D eigenvalue weighted by atomic mass is 9.94. The normalized spacial score (nSPS) is 11.5. The Kier molecular flexibility index (Phi) is 9.43. The fraction of sp³-hybridized carbons (Fsp3) is 0. The number of hydrogen-bond acceptors (Lipinski definition) is 3. The van der Waals surface area contributed by atoms with E-state index in [1.54, 1.807) is 0 Å². The number of aromatic nitrogens is 5. The van der Waals surface area contributed by atoms with Crippen molar-refractivity contribution in [2.75, 3.05) is 0 Å². The molecule has 0 aliphatic heterocycles. The molecule has 0 spiro atoms. The molecular weight excluding hydrogens is 827 g/mol. The van der Waals surface area contributed by atoms with Crippen molar-refractivity contribution >= 4 is 43.6 Å². The number of para-hydroxylation sites is 3. The smallest absolute Gasteiger partial charge is 0.238 e. The minimum atomic E-state index is 0.537. The van der Waals surface area contributed by atoms with Gasteiger partial charge in [0, 0.05) is 38.4 Å². The summed E-state index contributed by atoms with van der Waals surface area (Å²) in [5, 5.41) is 4.54. The molecule has 0 aliphatic carbocycles. The van der Waals surface area contributed by atoms with Gasteiger partial charge >= 0.3 is 0 Å². The lowest BCUT2D eigenvalue weighted by molar-refractivity contribution is 0.953. The first-order valence-electron chi connectivity index (χ1n) is 23.0. The van der Waals surface area contributed by atoms with E-state index in [-0.39, 0.29) is 0 Å². The molecule has 318 valence electrons. The number of rotatable bonds is 8. The fourth-order valence-corrected chi connectivity index (χ4v) is 10.0. The second kappa shape index (κ2) is 16.4. The fourth-order valence-electron chi connectivity index (χ4n) is 10.0. The van der Waals surface area contributed by atoms with Crippen molar-refractivity contribution in [1.29, 1.82) is 0 Å². The summed E-state index contributed by atoms with van der Waals surface area (Å²) in [4.78, 5) is 16.3. The van der Waals surface area contributed by atoms with Crippen LogP contribution in [-0.2, 0) is 0 Å². The van der Waals surface area contributed by atoms with Crippen LogP contribution < -0.4 is 0 Å². The highest BCUT2D eigenvalue weighted by atomic mass is 15.2. The van der Waals surface area contributed by atoms with Gasteiger partial charge in [-0.1, -0.05) is 206 Å². The largest absolute Gasteiger partial charge is 0.307 e. The number of hydrogen-bond donors (Lipinski definition) is 0. The van der Waals surface area contributed by atoms with Crippen molar-refractivity contribution in [3.05, 3.63) is 249 Å². The lowest BCUT2D eigenvalue weighted by Crippen LogP contribution is -2.07. The minimum Gasteiger partial charge on any atom is -0.307 e. The van der Waals surface area contributed by atoms with E-state index < -0.39 is 0 Å². The average molecular weight is 868 g/mol. The third-order valence-corrected chi connectivity index (χ3v) is 13.2. The van der Waals surface area contributed by atoms with Gasteiger partial charge in [-0.2, -0.15) is 9.97 Å². The molecule has 0 amide bonds. The Balaban J connectivity index is 1.15. The second-order valence-electron chi connectivity index (χ2n) is 17.2. The van der Waals surface area contributed by atoms with E-state index in [0.29, 0.717) is 17.6 Å². The average Bonchev–Trinajstić information content (AvgIpc) is 3.95. The van der Waals surface area contributed by atoms with Crippen LogP contribution in [0.15, 0.2) is 249 Å². The number of fused-ring (bicyclic) bond motifs is 7. The van der Waals surface area contributed by atoms with Gasteiger partial charge in [-0.05, 0) is 87.0 Å². The van der Waals surface area contributed by atoms with Crippen molar-refractivity contribution in [2.24, 2.45) is 0 Å². The standard InChI is InChI=1S/C63H41N5/c1-5-19-42(20-6-1)45-35-37-46(38-36-45)61-64-62(50-28-18-26-48(40-50)44-23-9-3-10-24-44)66-63(65-61)68-57-34-16-14-32-53(57)58-54(49-27-17-25-47(39-49)43-21-7-2-8-22-43)41-55-52-31-13-15-33-56(52)67(59(55)60(58)68)51-29-11-4-12-30-51/h1-41H. The molecule has 10 aromatic carbocycles. The molecule has 13 rings (SSSR count). The van der Waals surface area contributed by atoms with Crippen molar-refractivity contribution in [2.45, 2.75) is 0 Å². The van der Waals surface area contributed by atoms with Gasteiger partial charge in [-0.3, -0.25) is 4.57 Å². The van der Waals surface area contributed by atoms with Gasteiger partial charge in [0.2, 0.25) is 5.95 Å². The molecule has 3 heterocycles. The highest BCUT2D eigenvalue weighted by molar-refractivity contribution is 6.28. The third kappa shape index (κ3) is 6.68. The number of nitrogens with zero attached hydrogens (tertiary/aromatic N) is 5. The minimum absolute atomic E-state index is 0.537. The predicted molar refractivity (Wildman–Crippen MR) is 281 cm³/mol. The monoisotopic (exact) mass is 867 g/mol. The molecule has 0 bridgehead atoms. The molecule has 68 heavy (non-hydrogen) atoms. The van der Waals surface area contributed by atoms with Crippen LogP contribution in [0.2, 0.25) is 0 Å². The molecule has 0 saturated carbocycles. The van der Waals surface area contributed by atoms with E-state index in [1.807, 2.05) is 12.1 Å². The van der Waals surface area contributed by atoms with E-state index in [1.165, 1.54) is 10.9 Å². The lowest BCUT2D eigenvalue weighted by Gasteiger charge is -2.15. The van der Waals surface area contributed by atoms with Crippen LogP contribution in [0.4, 0.5) is 0 Å². The van der Waals surface area contributed by atoms with Crippen molar-refractivity contribution in [1.82, 2.24) is 24.1 Å². The van der Waals surface area contributed by atoms with Gasteiger partial charge in [0.05, 0.1) is 22.1 Å². The summed E-state index contributed by atoms with van der Waals surface area (Å²) in [6.45, 7) is 0. The molecule has 0 N–H and O–H groups in total. The maximum absolute atomic E-state index is 5.52. The van der Waals surface area contributed by atoms with Gasteiger partial charge in [0.25, 0.3) is 0 Å². The van der Waals surface area contributed by atoms with Crippen LogP contribution >= 0.6 is 0 Å². The van der Waals surface area contributed by atoms with Gasteiger partial charge in [0.1, 0.15) is 0 Å². The quantitative estimate of drug-likeness (QED) is 0.153. The van der Waals surface area contributed by atoms with E-state index >= 15 is 0 Å². The Morgan fingerprint density at radius 1 is 0.265 bits per heavy atom. The number of benzene rings is 10. The highest BCUT2D eigenvalue weighted by Gasteiger charge is 2.26. The van der Waals surface area contributed by atoms with Gasteiger partial charge < -0.3 is 4.57 Å². The molecule has 5 heteroatoms. The van der Waals surface area contributed by atoms with Crippen LogP contribution in [0.1, 0.15) is 0 Å². The summed E-state index contributed by atoms with van der Waals surface area (Å²) in [6.07, 6.45) is 0. The van der Waals surface area contributed by atoms with Crippen molar-refractivity contribution < 1.29 is 0 Å². The Bertz CT molecular complexity index is 3990. The molecule has 3 aromatic heterocycles. The zero-order valence-corrected chi connectivity index (χ0v) is 36.9. The predicted octanol–water partition coefficient (Wildman–Crippen LogP) is 16.1. The van der Waals surface area contributed by atoms with Crippen LogP contribution in [0.25, 0.3) is 123 Å². The summed E-state index contributed by atoms with van der Waals surface area (Å²) in [7, 11) is 0. The van der Waals surface area contributed by atoms with Gasteiger partial charge in [-0.15, -0.1) is 0 Å². The van der Waals surface area contributed by atoms with Crippen LogP contribution in [0.5, 0.6) is 0 Å². The molecule has 0 radical (unpaired) electrons. The molecular formula is C63H41N5. The van der Waals surface area contributed by atoms with Gasteiger partial charge in [-0.25, -0.2) is 4.98 Å². The van der Waals surface area contributed by atoms with E-state index in [0.717, 1.165) is 94.0 Å². The van der Waals surface area contributed by atoms with E-state index in [4.69, 9.17) is 15.0 Å². The maximum Gasteiger partial charge on any atom is 0.238 e. The summed E-state index contributed by atoms with van der Waals surface area (Å²) in [5.74, 6) is 1.72. The van der Waals surface area contributed by atoms with E-state index in [2.05, 4.69) is 246 Å². The van der Waals surface area contributed by atoms with Crippen LogP contribution in [0, 0.1) is 0 Å². The first-order chi connectivity index (χ1) is 33.7. The van der Waals surface area contributed by atoms with Crippen LogP contribution in [0.3, 0.4) is 0 Å². The Morgan fingerprint density at radius 2 is 0.706 bits per heavy atom. The SMILES string of the molecule is c1ccc(-c2ccc(-c3nc(-c4cccc(-c5ccccc5)c4)nc(-n4c5ccccc5c5c(-c6cccc(-c7ccccc7)c6)cc6c7ccccc7n(-c7ccccc7)c6c54)n3)cc2)cc1. The second-order valence-corrected chi connectivity index (χ2v) is 17.2. The molecule has 5 nitrogen and oxygen atoms in total. The topological polar surface area (TPSA) is 48.5 Å². The van der Waals surface area contributed by atoms with Crippen molar-refractivity contribution in [3.8, 4) is 78.9 Å². The Hall–Kier alpha value is -9.19. The first kappa shape index (κ1) is 39.2.